The minimum Gasteiger partial charge on any atom is -0.319 e. The number of rotatable bonds is 5. The Balaban J connectivity index is 1.79. The van der Waals surface area contributed by atoms with Gasteiger partial charge in [-0.2, -0.15) is 0 Å². The molecule has 0 aliphatic heterocycles. The zero-order valence-electron chi connectivity index (χ0n) is 18.9. The molecule has 4 rings (SSSR count). The first-order chi connectivity index (χ1) is 15.7. The summed E-state index contributed by atoms with van der Waals surface area (Å²) in [5.41, 5.74) is 5.31. The summed E-state index contributed by atoms with van der Waals surface area (Å²) in [7, 11) is 0. The fraction of sp³-hybridized carbons (Fsp3) is 0.192. The molecule has 0 fully saturated rings. The Kier molecular flexibility index (Phi) is 6.42. The molecule has 1 heterocycles. The molecule has 0 saturated carbocycles. The van der Waals surface area contributed by atoms with Gasteiger partial charge < -0.3 is 5.32 Å². The molecule has 1 amide bonds. The number of aryl methyl sites for hydroxylation is 1. The van der Waals surface area contributed by atoms with Crippen LogP contribution in [0.3, 0.4) is 0 Å². The van der Waals surface area contributed by atoms with Crippen LogP contribution < -0.4 is 5.32 Å². The van der Waals surface area contributed by atoms with Crippen molar-refractivity contribution in [2.75, 3.05) is 5.32 Å². The van der Waals surface area contributed by atoms with E-state index >= 15 is 0 Å². The highest BCUT2D eigenvalue weighted by Gasteiger charge is 2.21. The highest BCUT2D eigenvalue weighted by atomic mass is 79.9. The molecule has 168 valence electrons. The molecule has 1 N–H and O–H groups in total. The summed E-state index contributed by atoms with van der Waals surface area (Å²) < 4.78 is 16.1. The van der Waals surface area contributed by atoms with Crippen molar-refractivity contribution in [1.29, 1.82) is 0 Å². The van der Waals surface area contributed by atoms with Gasteiger partial charge >= 0.3 is 0 Å². The predicted octanol–water partition coefficient (Wildman–Crippen LogP) is 6.83. The molecule has 0 aliphatic rings. The summed E-state index contributed by atoms with van der Waals surface area (Å²) in [6, 6.07) is 17.6. The zero-order chi connectivity index (χ0) is 23.7. The number of hydrogen-bond donors (Lipinski definition) is 1. The molecule has 0 aliphatic carbocycles. The quantitative estimate of drug-likeness (QED) is 0.322. The van der Waals surface area contributed by atoms with E-state index in [2.05, 4.69) is 45.2 Å². The lowest BCUT2D eigenvalue weighted by atomic mass is 10.0. The van der Waals surface area contributed by atoms with Crippen molar-refractivity contribution in [1.82, 2.24) is 14.8 Å². The predicted molar refractivity (Wildman–Crippen MR) is 132 cm³/mol. The molecule has 4 aromatic rings. The van der Waals surface area contributed by atoms with E-state index in [0.29, 0.717) is 17.1 Å². The molecule has 5 nitrogen and oxygen atoms in total. The summed E-state index contributed by atoms with van der Waals surface area (Å²) >= 11 is 3.49. The Hall–Kier alpha value is -3.32. The van der Waals surface area contributed by atoms with Crippen LogP contribution in [0.1, 0.15) is 47.1 Å². The summed E-state index contributed by atoms with van der Waals surface area (Å²) in [4.78, 5) is 17.7. The number of hydrogen-bond acceptors (Lipinski definition) is 3. The van der Waals surface area contributed by atoms with E-state index in [-0.39, 0.29) is 17.6 Å². The van der Waals surface area contributed by atoms with E-state index in [1.165, 1.54) is 12.1 Å². The number of aromatic nitrogens is 3. The van der Waals surface area contributed by atoms with Crippen LogP contribution in [-0.4, -0.2) is 20.7 Å². The maximum absolute atomic E-state index is 13.5. The minimum atomic E-state index is -0.411. The Morgan fingerprint density at radius 3 is 2.48 bits per heavy atom. The maximum atomic E-state index is 13.5. The highest BCUT2D eigenvalue weighted by molar-refractivity contribution is 9.10. The minimum absolute atomic E-state index is 0.0351. The van der Waals surface area contributed by atoms with Gasteiger partial charge in [0.25, 0.3) is 5.91 Å². The largest absolute Gasteiger partial charge is 0.319 e. The third kappa shape index (κ3) is 4.73. The lowest BCUT2D eigenvalue weighted by Crippen LogP contribution is -2.16. The van der Waals surface area contributed by atoms with E-state index in [9.17, 15) is 9.18 Å². The molecule has 7 heteroatoms. The maximum Gasteiger partial charge on any atom is 0.295 e. The van der Waals surface area contributed by atoms with Gasteiger partial charge in [0, 0.05) is 15.7 Å². The van der Waals surface area contributed by atoms with Gasteiger partial charge in [0.2, 0.25) is 5.82 Å². The smallest absolute Gasteiger partial charge is 0.295 e. The van der Waals surface area contributed by atoms with Crippen LogP contribution >= 0.6 is 15.9 Å². The first-order valence-corrected chi connectivity index (χ1v) is 11.4. The molecule has 3 aromatic carbocycles. The molecule has 0 radical (unpaired) electrons. The Labute approximate surface area is 200 Å². The van der Waals surface area contributed by atoms with Gasteiger partial charge in [-0.05, 0) is 85.0 Å². The third-order valence-electron chi connectivity index (χ3n) is 5.60. The van der Waals surface area contributed by atoms with E-state index in [4.69, 9.17) is 0 Å². The number of amides is 1. The summed E-state index contributed by atoms with van der Waals surface area (Å²) in [5, 5.41) is 7.52. The first-order valence-electron chi connectivity index (χ1n) is 10.6. The van der Waals surface area contributed by atoms with Gasteiger partial charge in [0.1, 0.15) is 5.82 Å². The fourth-order valence-electron chi connectivity index (χ4n) is 3.63. The van der Waals surface area contributed by atoms with E-state index in [1.54, 1.807) is 16.8 Å². The average molecular weight is 507 g/mol. The summed E-state index contributed by atoms with van der Waals surface area (Å²) in [6.07, 6.45) is 0. The van der Waals surface area contributed by atoms with Crippen LogP contribution in [-0.2, 0) is 0 Å². The van der Waals surface area contributed by atoms with Crippen molar-refractivity contribution < 1.29 is 9.18 Å². The summed E-state index contributed by atoms with van der Waals surface area (Å²) in [6.45, 7) is 8.15. The van der Waals surface area contributed by atoms with Crippen LogP contribution in [0.25, 0.3) is 17.1 Å². The van der Waals surface area contributed by atoms with E-state index < -0.39 is 5.91 Å². The Bertz CT molecular complexity index is 1330. The molecular weight excluding hydrogens is 483 g/mol. The molecule has 0 spiro atoms. The van der Waals surface area contributed by atoms with Crippen LogP contribution in [0.5, 0.6) is 0 Å². The highest BCUT2D eigenvalue weighted by Crippen LogP contribution is 2.29. The second-order valence-electron chi connectivity index (χ2n) is 8.24. The zero-order valence-corrected chi connectivity index (χ0v) is 20.4. The number of anilines is 1. The second kappa shape index (κ2) is 9.27. The number of nitrogens with zero attached hydrogens (tertiary/aromatic N) is 3. The normalized spacial score (nSPS) is 11.1. The number of halogens is 2. The fourth-order valence-corrected chi connectivity index (χ4v) is 4.01. The second-order valence-corrected chi connectivity index (χ2v) is 9.15. The van der Waals surface area contributed by atoms with Crippen LogP contribution in [0.15, 0.2) is 65.1 Å². The van der Waals surface area contributed by atoms with Gasteiger partial charge in [-0.15, -0.1) is 5.10 Å². The van der Waals surface area contributed by atoms with E-state index in [0.717, 1.165) is 26.9 Å². The van der Waals surface area contributed by atoms with Crippen molar-refractivity contribution in [3.05, 3.63) is 93.5 Å². The molecule has 0 saturated heterocycles. The topological polar surface area (TPSA) is 59.8 Å². The van der Waals surface area contributed by atoms with Crippen LogP contribution in [0.4, 0.5) is 10.1 Å². The van der Waals surface area contributed by atoms with Crippen LogP contribution in [0, 0.1) is 19.7 Å². The Morgan fingerprint density at radius 1 is 1.06 bits per heavy atom. The number of benzene rings is 3. The third-order valence-corrected chi connectivity index (χ3v) is 6.09. The van der Waals surface area contributed by atoms with Crippen molar-refractivity contribution in [3.63, 3.8) is 0 Å². The van der Waals surface area contributed by atoms with Gasteiger partial charge in [0.15, 0.2) is 5.82 Å². The monoisotopic (exact) mass is 506 g/mol. The molecule has 0 unspecified atom stereocenters. The molecule has 33 heavy (non-hydrogen) atoms. The summed E-state index contributed by atoms with van der Waals surface area (Å²) in [5.74, 6) is -0.0350. The Morgan fingerprint density at radius 2 is 1.79 bits per heavy atom. The van der Waals surface area contributed by atoms with Crippen molar-refractivity contribution in [3.8, 4) is 17.1 Å². The van der Waals surface area contributed by atoms with Crippen LogP contribution in [0.2, 0.25) is 0 Å². The van der Waals surface area contributed by atoms with Gasteiger partial charge in [0.05, 0.1) is 5.69 Å². The number of nitrogens with one attached hydrogen (secondary N) is 1. The lowest BCUT2D eigenvalue weighted by Gasteiger charge is -2.13. The molecule has 0 bridgehead atoms. The number of carbonyl (C=O) groups is 1. The average Bonchev–Trinajstić information content (AvgIpc) is 3.22. The molecule has 1 aromatic heterocycles. The SMILES string of the molecule is Cc1cccc(-n2nc(C(=O)Nc3ccc(Br)cc3C(C)C)nc2-c2ccc(F)cc2)c1C. The molecular formula is C26H24BrFN4O. The van der Waals surface area contributed by atoms with Gasteiger partial charge in [-0.1, -0.05) is 41.9 Å². The molecule has 0 atom stereocenters. The van der Waals surface area contributed by atoms with Crippen molar-refractivity contribution >= 4 is 27.5 Å². The van der Waals surface area contributed by atoms with Gasteiger partial charge in [-0.25, -0.2) is 14.1 Å². The lowest BCUT2D eigenvalue weighted by molar-refractivity contribution is 0.101. The van der Waals surface area contributed by atoms with E-state index in [1.807, 2.05) is 50.2 Å². The first kappa shape index (κ1) is 22.9. The van der Waals surface area contributed by atoms with Crippen molar-refractivity contribution in [2.45, 2.75) is 33.6 Å². The standard InChI is InChI=1S/C26H24BrFN4O/c1-15(2)21-14-19(27)10-13-22(21)29-26(33)24-30-25(18-8-11-20(28)12-9-18)32(31-24)23-7-5-6-16(3)17(23)4/h5-15H,1-4H3,(H,29,33). The number of carbonyl (C=O) groups excluding carboxylic acids is 1. The van der Waals surface area contributed by atoms with Crippen molar-refractivity contribution in [2.24, 2.45) is 0 Å². The van der Waals surface area contributed by atoms with Gasteiger partial charge in [-0.3, -0.25) is 4.79 Å².